The van der Waals surface area contributed by atoms with E-state index >= 15 is 0 Å². The van der Waals surface area contributed by atoms with Gasteiger partial charge in [0.1, 0.15) is 0 Å². The van der Waals surface area contributed by atoms with Gasteiger partial charge in [-0.05, 0) is 41.3 Å². The van der Waals surface area contributed by atoms with Gasteiger partial charge in [0.15, 0.2) is 0 Å². The van der Waals surface area contributed by atoms with Crippen LogP contribution in [-0.2, 0) is 6.54 Å². The number of aryl methyl sites for hydroxylation is 2. The molecule has 0 aliphatic heterocycles. The van der Waals surface area contributed by atoms with Gasteiger partial charge in [0.25, 0.3) is 0 Å². The van der Waals surface area contributed by atoms with Crippen LogP contribution in [0.2, 0.25) is 0 Å². The van der Waals surface area contributed by atoms with Gasteiger partial charge in [0.05, 0.1) is 5.69 Å². The van der Waals surface area contributed by atoms with E-state index in [1.165, 1.54) is 0 Å². The van der Waals surface area contributed by atoms with E-state index in [4.69, 9.17) is 0 Å². The molecule has 0 bridgehead atoms. The van der Waals surface area contributed by atoms with Gasteiger partial charge in [-0.15, -0.1) is 0 Å². The van der Waals surface area contributed by atoms with Crippen molar-refractivity contribution in [3.63, 3.8) is 0 Å². The number of nitrogens with zero attached hydrogens (tertiary/aromatic N) is 3. The van der Waals surface area contributed by atoms with Crippen LogP contribution in [0, 0.1) is 6.92 Å². The summed E-state index contributed by atoms with van der Waals surface area (Å²) in [6, 6.07) is 0. The fourth-order valence-electron chi connectivity index (χ4n) is 1.55. The highest BCUT2D eigenvalue weighted by atomic mass is 15.2. The summed E-state index contributed by atoms with van der Waals surface area (Å²) in [6.07, 6.45) is 3.23. The van der Waals surface area contributed by atoms with Gasteiger partial charge >= 0.3 is 0 Å². The molecule has 1 aromatic rings. The van der Waals surface area contributed by atoms with Crippen molar-refractivity contribution in [1.82, 2.24) is 14.5 Å². The zero-order valence-corrected chi connectivity index (χ0v) is 12.0. The normalized spacial score (nSPS) is 12.2. The smallest absolute Gasteiger partial charge is 0.203 e. The maximum Gasteiger partial charge on any atom is 0.203 e. The second kappa shape index (κ2) is 5.54. The molecule has 0 radical (unpaired) electrons. The lowest BCUT2D eigenvalue weighted by Gasteiger charge is -2.32. The molecule has 0 atom stereocenters. The predicted octanol–water partition coefficient (Wildman–Crippen LogP) is 2.35. The Bertz CT molecular complexity index is 352. The van der Waals surface area contributed by atoms with Crippen molar-refractivity contribution in [2.24, 2.45) is 0 Å². The number of aromatic nitrogens is 2. The molecule has 0 fully saturated rings. The third-order valence-corrected chi connectivity index (χ3v) is 3.25. The van der Waals surface area contributed by atoms with Gasteiger partial charge in [-0.2, -0.15) is 0 Å². The van der Waals surface area contributed by atoms with Crippen LogP contribution in [0.5, 0.6) is 0 Å². The molecule has 0 aliphatic rings. The Labute approximate surface area is 105 Å². The van der Waals surface area contributed by atoms with Gasteiger partial charge in [0.2, 0.25) is 5.95 Å². The number of nitrogens with one attached hydrogen (secondary N) is 1. The summed E-state index contributed by atoms with van der Waals surface area (Å²) in [5, 5.41) is 3.45. The molecule has 98 valence electrons. The van der Waals surface area contributed by atoms with E-state index < -0.39 is 0 Å². The number of hydrogen-bond acceptors (Lipinski definition) is 3. The maximum atomic E-state index is 4.52. The highest BCUT2D eigenvalue weighted by Crippen LogP contribution is 2.14. The minimum atomic E-state index is 0.122. The summed E-state index contributed by atoms with van der Waals surface area (Å²) in [4.78, 5) is 6.75. The zero-order valence-electron chi connectivity index (χ0n) is 12.0. The van der Waals surface area contributed by atoms with Crippen molar-refractivity contribution in [3.05, 3.63) is 11.9 Å². The quantitative estimate of drug-likeness (QED) is 0.826. The average molecular weight is 238 g/mol. The average Bonchev–Trinajstić information content (AvgIpc) is 2.56. The van der Waals surface area contributed by atoms with Crippen LogP contribution in [0.25, 0.3) is 0 Å². The molecule has 0 spiro atoms. The molecule has 0 saturated heterocycles. The molecule has 17 heavy (non-hydrogen) atoms. The Kier molecular flexibility index (Phi) is 4.57. The third kappa shape index (κ3) is 3.73. The van der Waals surface area contributed by atoms with E-state index in [2.05, 4.69) is 60.8 Å². The van der Waals surface area contributed by atoms with Crippen LogP contribution in [0.1, 0.15) is 32.9 Å². The zero-order chi connectivity index (χ0) is 13.1. The lowest BCUT2D eigenvalue weighted by Crippen LogP contribution is -2.44. The van der Waals surface area contributed by atoms with Gasteiger partial charge in [-0.25, -0.2) is 4.98 Å². The van der Waals surface area contributed by atoms with Crippen molar-refractivity contribution in [1.29, 1.82) is 0 Å². The lowest BCUT2D eigenvalue weighted by molar-refractivity contribution is 0.209. The van der Waals surface area contributed by atoms with Crippen LogP contribution < -0.4 is 5.32 Å². The van der Waals surface area contributed by atoms with Crippen LogP contribution in [-0.4, -0.2) is 40.6 Å². The molecule has 0 aliphatic carbocycles. The summed E-state index contributed by atoms with van der Waals surface area (Å²) in [5.74, 6) is 0.985. The largest absolute Gasteiger partial charge is 0.354 e. The molecule has 4 nitrogen and oxygen atoms in total. The van der Waals surface area contributed by atoms with E-state index in [0.717, 1.165) is 31.2 Å². The molecule has 1 heterocycles. The van der Waals surface area contributed by atoms with Gasteiger partial charge < -0.3 is 14.8 Å². The number of rotatable bonds is 6. The molecule has 1 N–H and O–H groups in total. The minimum absolute atomic E-state index is 0.122. The highest BCUT2D eigenvalue weighted by Gasteiger charge is 2.20. The van der Waals surface area contributed by atoms with Crippen LogP contribution >= 0.6 is 0 Å². The molecule has 4 heteroatoms. The summed E-state index contributed by atoms with van der Waals surface area (Å²) in [5.41, 5.74) is 1.19. The van der Waals surface area contributed by atoms with Gasteiger partial charge in [-0.1, -0.05) is 6.92 Å². The summed E-state index contributed by atoms with van der Waals surface area (Å²) in [7, 11) is 4.21. The molecular weight excluding hydrogens is 212 g/mol. The molecule has 1 aromatic heterocycles. The first-order chi connectivity index (χ1) is 7.86. The molecular formula is C13H26N4. The van der Waals surface area contributed by atoms with Crippen molar-refractivity contribution in [2.75, 3.05) is 26.0 Å². The standard InChI is InChI=1S/C13H26N4/c1-7-8-17-9-11(2)15-12(17)14-10-13(3,4)16(5)6/h9H,7-8,10H2,1-6H3,(H,14,15). The summed E-state index contributed by atoms with van der Waals surface area (Å²) < 4.78 is 2.20. The Morgan fingerprint density at radius 1 is 1.41 bits per heavy atom. The summed E-state index contributed by atoms with van der Waals surface area (Å²) in [6.45, 7) is 10.6. The number of anilines is 1. The second-order valence-corrected chi connectivity index (χ2v) is 5.46. The van der Waals surface area contributed by atoms with E-state index in [1.807, 2.05) is 6.92 Å². The first-order valence-electron chi connectivity index (χ1n) is 6.32. The topological polar surface area (TPSA) is 33.1 Å². The number of hydrogen-bond donors (Lipinski definition) is 1. The lowest BCUT2D eigenvalue weighted by atomic mass is 10.1. The van der Waals surface area contributed by atoms with E-state index in [9.17, 15) is 0 Å². The monoisotopic (exact) mass is 238 g/mol. The fraction of sp³-hybridized carbons (Fsp3) is 0.769. The fourth-order valence-corrected chi connectivity index (χ4v) is 1.55. The van der Waals surface area contributed by atoms with Crippen molar-refractivity contribution in [3.8, 4) is 0 Å². The Morgan fingerprint density at radius 2 is 2.06 bits per heavy atom. The SMILES string of the molecule is CCCn1cc(C)nc1NCC(C)(C)N(C)C. The predicted molar refractivity (Wildman–Crippen MR) is 73.5 cm³/mol. The summed E-state index contributed by atoms with van der Waals surface area (Å²) >= 11 is 0. The highest BCUT2D eigenvalue weighted by molar-refractivity contribution is 5.29. The molecule has 0 saturated carbocycles. The molecule has 0 amide bonds. The van der Waals surface area contributed by atoms with Crippen LogP contribution in [0.3, 0.4) is 0 Å². The van der Waals surface area contributed by atoms with Crippen molar-refractivity contribution < 1.29 is 0 Å². The first kappa shape index (κ1) is 14.0. The van der Waals surface area contributed by atoms with Crippen LogP contribution in [0.15, 0.2) is 6.20 Å². The van der Waals surface area contributed by atoms with Gasteiger partial charge in [-0.3, -0.25) is 0 Å². The number of imidazole rings is 1. The number of likely N-dealkylation sites (N-methyl/N-ethyl adjacent to an activating group) is 1. The van der Waals surface area contributed by atoms with Crippen molar-refractivity contribution >= 4 is 5.95 Å². The van der Waals surface area contributed by atoms with Gasteiger partial charge in [0, 0.05) is 24.8 Å². The van der Waals surface area contributed by atoms with Crippen LogP contribution in [0.4, 0.5) is 5.95 Å². The Hall–Kier alpha value is -1.03. The molecule has 0 aromatic carbocycles. The molecule has 1 rings (SSSR count). The van der Waals surface area contributed by atoms with Crippen molar-refractivity contribution in [2.45, 2.75) is 46.2 Å². The molecule has 0 unspecified atom stereocenters. The third-order valence-electron chi connectivity index (χ3n) is 3.25. The second-order valence-electron chi connectivity index (χ2n) is 5.46. The first-order valence-corrected chi connectivity index (χ1v) is 6.32. The van der Waals surface area contributed by atoms with E-state index in [1.54, 1.807) is 0 Å². The Morgan fingerprint density at radius 3 is 2.59 bits per heavy atom. The maximum absolute atomic E-state index is 4.52. The van der Waals surface area contributed by atoms with E-state index in [0.29, 0.717) is 0 Å². The van der Waals surface area contributed by atoms with E-state index in [-0.39, 0.29) is 5.54 Å². The Balaban J connectivity index is 2.68. The minimum Gasteiger partial charge on any atom is -0.354 e.